The molecule has 0 radical (unpaired) electrons. The normalized spacial score (nSPS) is 12.4. The molecule has 230 valence electrons. The SMILES string of the molecule is CC(C)=C(C)Cc1cc(C(C)(C)C)c(O)cc1C(C)(C)C.CC(C)=CCc1cc(C(C)(C)C)c(O)cc1C(C)(C)C. The van der Waals surface area contributed by atoms with Gasteiger partial charge in [-0.3, -0.25) is 0 Å². The van der Waals surface area contributed by atoms with Crippen molar-refractivity contribution < 1.29 is 10.2 Å². The van der Waals surface area contributed by atoms with E-state index in [0.29, 0.717) is 11.5 Å². The zero-order valence-electron chi connectivity index (χ0n) is 29.7. The van der Waals surface area contributed by atoms with Gasteiger partial charge in [0.15, 0.2) is 0 Å². The number of hydrogen-bond donors (Lipinski definition) is 2. The Balaban J connectivity index is 0.000000410. The summed E-state index contributed by atoms with van der Waals surface area (Å²) in [6, 6.07) is 8.35. The average molecular weight is 563 g/mol. The van der Waals surface area contributed by atoms with Crippen LogP contribution in [0.2, 0.25) is 0 Å². The third-order valence-electron chi connectivity index (χ3n) is 7.71. The first kappa shape index (κ1) is 36.5. The van der Waals surface area contributed by atoms with Crippen molar-refractivity contribution in [3.8, 4) is 11.5 Å². The maximum Gasteiger partial charge on any atom is 0.119 e. The topological polar surface area (TPSA) is 40.5 Å². The van der Waals surface area contributed by atoms with Gasteiger partial charge in [0.2, 0.25) is 0 Å². The van der Waals surface area contributed by atoms with Crippen LogP contribution in [-0.2, 0) is 34.5 Å². The lowest BCUT2D eigenvalue weighted by Gasteiger charge is -2.28. The highest BCUT2D eigenvalue weighted by Crippen LogP contribution is 2.39. The van der Waals surface area contributed by atoms with Gasteiger partial charge in [0.1, 0.15) is 11.5 Å². The van der Waals surface area contributed by atoms with Crippen molar-refractivity contribution in [2.45, 2.75) is 152 Å². The maximum absolute atomic E-state index is 10.4. The van der Waals surface area contributed by atoms with E-state index in [2.05, 4.69) is 136 Å². The molecule has 0 amide bonds. The lowest BCUT2D eigenvalue weighted by Crippen LogP contribution is -2.18. The van der Waals surface area contributed by atoms with Crippen LogP contribution in [0.25, 0.3) is 0 Å². The average Bonchev–Trinajstić information content (AvgIpc) is 2.76. The summed E-state index contributed by atoms with van der Waals surface area (Å²) in [6.07, 6.45) is 4.14. The number of benzene rings is 2. The van der Waals surface area contributed by atoms with Crippen molar-refractivity contribution in [1.29, 1.82) is 0 Å². The highest BCUT2D eigenvalue weighted by atomic mass is 16.3. The Hall–Kier alpha value is -2.48. The van der Waals surface area contributed by atoms with E-state index in [1.54, 1.807) is 0 Å². The van der Waals surface area contributed by atoms with Gasteiger partial charge in [0.05, 0.1) is 0 Å². The van der Waals surface area contributed by atoms with Crippen LogP contribution in [0.1, 0.15) is 151 Å². The maximum atomic E-state index is 10.4. The molecule has 2 N–H and O–H groups in total. The lowest BCUT2D eigenvalue weighted by molar-refractivity contribution is 0.441. The van der Waals surface area contributed by atoms with Gasteiger partial charge in [-0.1, -0.05) is 118 Å². The lowest BCUT2D eigenvalue weighted by atomic mass is 9.77. The molecule has 2 aromatic rings. The van der Waals surface area contributed by atoms with E-state index < -0.39 is 0 Å². The van der Waals surface area contributed by atoms with Crippen LogP contribution in [0.4, 0.5) is 0 Å². The largest absolute Gasteiger partial charge is 0.508 e. The summed E-state index contributed by atoms with van der Waals surface area (Å²) in [5, 5.41) is 20.8. The second kappa shape index (κ2) is 13.2. The van der Waals surface area contributed by atoms with Crippen LogP contribution >= 0.6 is 0 Å². The van der Waals surface area contributed by atoms with E-state index in [9.17, 15) is 10.2 Å². The second-order valence-electron chi connectivity index (χ2n) is 16.5. The molecule has 0 spiro atoms. The molecule has 0 saturated heterocycles. The fourth-order valence-corrected chi connectivity index (χ4v) is 4.96. The van der Waals surface area contributed by atoms with E-state index in [4.69, 9.17) is 0 Å². The molecule has 2 heteroatoms. The van der Waals surface area contributed by atoms with Crippen LogP contribution in [0.3, 0.4) is 0 Å². The molecule has 0 aliphatic heterocycles. The number of aromatic hydroxyl groups is 2. The highest BCUT2D eigenvalue weighted by molar-refractivity contribution is 5.49. The smallest absolute Gasteiger partial charge is 0.119 e. The van der Waals surface area contributed by atoms with Crippen molar-refractivity contribution in [3.05, 3.63) is 80.4 Å². The number of rotatable bonds is 4. The van der Waals surface area contributed by atoms with Crippen molar-refractivity contribution in [2.24, 2.45) is 0 Å². The van der Waals surface area contributed by atoms with Crippen molar-refractivity contribution in [2.75, 3.05) is 0 Å². The van der Waals surface area contributed by atoms with Gasteiger partial charge in [-0.2, -0.15) is 0 Å². The van der Waals surface area contributed by atoms with E-state index >= 15 is 0 Å². The Morgan fingerprint density at radius 1 is 0.537 bits per heavy atom. The molecule has 2 nitrogen and oxygen atoms in total. The number of allylic oxidation sites excluding steroid dienone is 4. The molecule has 0 heterocycles. The van der Waals surface area contributed by atoms with E-state index in [1.807, 2.05) is 12.1 Å². The highest BCUT2D eigenvalue weighted by Gasteiger charge is 2.26. The Kier molecular flexibility index (Phi) is 11.8. The molecule has 0 saturated carbocycles. The predicted molar refractivity (Wildman–Crippen MR) is 182 cm³/mol. The minimum Gasteiger partial charge on any atom is -0.508 e. The first-order chi connectivity index (χ1) is 18.3. The summed E-state index contributed by atoms with van der Waals surface area (Å²) in [5.41, 5.74) is 11.3. The Morgan fingerprint density at radius 2 is 0.878 bits per heavy atom. The first-order valence-electron chi connectivity index (χ1n) is 15.3. The monoisotopic (exact) mass is 562 g/mol. The molecule has 0 aliphatic carbocycles. The molecule has 2 aromatic carbocycles. The summed E-state index contributed by atoms with van der Waals surface area (Å²) in [5.74, 6) is 0.842. The molecule has 0 unspecified atom stereocenters. The third-order valence-corrected chi connectivity index (χ3v) is 7.71. The van der Waals surface area contributed by atoms with Crippen LogP contribution in [0.15, 0.2) is 47.1 Å². The van der Waals surface area contributed by atoms with Gasteiger partial charge in [-0.05, 0) is 115 Å². The number of phenolic OH excluding ortho intramolecular Hbond substituents is 2. The van der Waals surface area contributed by atoms with Gasteiger partial charge in [-0.25, -0.2) is 0 Å². The van der Waals surface area contributed by atoms with E-state index in [0.717, 1.165) is 24.0 Å². The van der Waals surface area contributed by atoms with Crippen LogP contribution in [0.5, 0.6) is 11.5 Å². The molecule has 0 aliphatic rings. The molecule has 0 bridgehead atoms. The predicted octanol–water partition coefficient (Wildman–Crippen LogP) is 11.4. The first-order valence-corrected chi connectivity index (χ1v) is 15.3. The van der Waals surface area contributed by atoms with Crippen LogP contribution < -0.4 is 0 Å². The van der Waals surface area contributed by atoms with Gasteiger partial charge >= 0.3 is 0 Å². The van der Waals surface area contributed by atoms with Crippen molar-refractivity contribution >= 4 is 0 Å². The zero-order valence-corrected chi connectivity index (χ0v) is 29.7. The molecular weight excluding hydrogens is 500 g/mol. The number of phenols is 2. The standard InChI is InChI=1S/C20H32O.C19H30O/c1-13(2)14(3)10-15-11-17(20(7,8)9)18(21)12-16(15)19(4,5)6;1-13(2)9-10-14-11-16(19(6,7)8)17(20)12-15(14)18(3,4)5/h11-12,21H,10H2,1-9H3;9,11-12,20H,10H2,1-8H3. The van der Waals surface area contributed by atoms with Crippen molar-refractivity contribution in [1.82, 2.24) is 0 Å². The second-order valence-corrected chi connectivity index (χ2v) is 16.5. The summed E-state index contributed by atoms with van der Waals surface area (Å²) in [6.45, 7) is 36.9. The van der Waals surface area contributed by atoms with Gasteiger partial charge in [-0.15, -0.1) is 0 Å². The number of hydrogen-bond acceptors (Lipinski definition) is 2. The molecule has 2 rings (SSSR count). The fraction of sp³-hybridized carbons (Fsp3) is 0.590. The van der Waals surface area contributed by atoms with E-state index in [1.165, 1.54) is 39.0 Å². The van der Waals surface area contributed by atoms with Gasteiger partial charge < -0.3 is 10.2 Å². The minimum absolute atomic E-state index is 0.0329. The summed E-state index contributed by atoms with van der Waals surface area (Å²) >= 11 is 0. The van der Waals surface area contributed by atoms with Crippen LogP contribution in [-0.4, -0.2) is 10.2 Å². The Labute approximate surface area is 254 Å². The van der Waals surface area contributed by atoms with Crippen LogP contribution in [0, 0.1) is 0 Å². The molecule has 41 heavy (non-hydrogen) atoms. The summed E-state index contributed by atoms with van der Waals surface area (Å²) < 4.78 is 0. The zero-order chi connectivity index (χ0) is 32.3. The molecular formula is C39H62O2. The fourth-order valence-electron chi connectivity index (χ4n) is 4.96. The van der Waals surface area contributed by atoms with Gasteiger partial charge in [0, 0.05) is 0 Å². The van der Waals surface area contributed by atoms with E-state index in [-0.39, 0.29) is 21.7 Å². The molecule has 0 fully saturated rings. The summed E-state index contributed by atoms with van der Waals surface area (Å²) in [4.78, 5) is 0. The van der Waals surface area contributed by atoms with Crippen molar-refractivity contribution in [3.63, 3.8) is 0 Å². The minimum atomic E-state index is -0.0475. The summed E-state index contributed by atoms with van der Waals surface area (Å²) in [7, 11) is 0. The third kappa shape index (κ3) is 10.7. The molecule has 0 aromatic heterocycles. The quantitative estimate of drug-likeness (QED) is 0.364. The van der Waals surface area contributed by atoms with Gasteiger partial charge in [0.25, 0.3) is 0 Å². The Morgan fingerprint density at radius 3 is 1.20 bits per heavy atom. The Bertz CT molecular complexity index is 1250. The molecule has 0 atom stereocenters.